The molecule has 0 amide bonds. The minimum absolute atomic E-state index is 0.0483. The standard InChI is InChI=1S/C24H20F2N6O/c1-13-20-21(14-2-4-16(5-3-14)32-8-6-28-7-9-32)17(12-27)22(29-24(20)31-30-13)15-10-18(25)23(33)19(26)11-15/h2-5,10-11,28,33H,6-9H2,1H3,(H,29,30,31). The zero-order valence-electron chi connectivity index (χ0n) is 17.8. The van der Waals surface area contributed by atoms with Crippen LogP contribution < -0.4 is 10.2 Å². The fourth-order valence-corrected chi connectivity index (χ4v) is 4.28. The summed E-state index contributed by atoms with van der Waals surface area (Å²) in [7, 11) is 0. The van der Waals surface area contributed by atoms with E-state index in [0.717, 1.165) is 49.6 Å². The maximum absolute atomic E-state index is 14.1. The van der Waals surface area contributed by atoms with Crippen molar-refractivity contribution in [3.05, 3.63) is 59.3 Å². The van der Waals surface area contributed by atoms with Gasteiger partial charge in [-0.1, -0.05) is 12.1 Å². The number of nitrogens with one attached hydrogen (secondary N) is 2. The van der Waals surface area contributed by atoms with Crippen LogP contribution in [0.5, 0.6) is 5.75 Å². The number of anilines is 1. The van der Waals surface area contributed by atoms with E-state index in [9.17, 15) is 19.1 Å². The lowest BCUT2D eigenvalue weighted by Gasteiger charge is -2.29. The van der Waals surface area contributed by atoms with Crippen LogP contribution in [0.25, 0.3) is 33.4 Å². The Kier molecular flexibility index (Phi) is 5.15. The Balaban J connectivity index is 1.71. The molecule has 1 saturated heterocycles. The molecule has 3 heterocycles. The van der Waals surface area contributed by atoms with E-state index in [-0.39, 0.29) is 16.8 Å². The number of benzene rings is 2. The first-order valence-corrected chi connectivity index (χ1v) is 10.5. The van der Waals surface area contributed by atoms with Gasteiger partial charge in [0.05, 0.1) is 22.3 Å². The number of phenolic OH excluding ortho intramolecular Hbond substituents is 1. The zero-order chi connectivity index (χ0) is 23.1. The van der Waals surface area contributed by atoms with Crippen LogP contribution >= 0.6 is 0 Å². The van der Waals surface area contributed by atoms with Gasteiger partial charge in [-0.25, -0.2) is 13.8 Å². The number of phenols is 1. The van der Waals surface area contributed by atoms with Gasteiger partial charge < -0.3 is 15.3 Å². The van der Waals surface area contributed by atoms with Crippen LogP contribution in [0.3, 0.4) is 0 Å². The second kappa shape index (κ2) is 8.15. The van der Waals surface area contributed by atoms with Crippen LogP contribution in [0, 0.1) is 29.9 Å². The van der Waals surface area contributed by atoms with Gasteiger partial charge in [-0.15, -0.1) is 0 Å². The third kappa shape index (κ3) is 3.54. The number of hydrogen-bond acceptors (Lipinski definition) is 6. The second-order valence-electron chi connectivity index (χ2n) is 7.93. The quantitative estimate of drug-likeness (QED) is 0.442. The Labute approximate surface area is 188 Å². The number of aromatic nitrogens is 3. The van der Waals surface area contributed by atoms with Gasteiger partial charge in [0.15, 0.2) is 23.0 Å². The van der Waals surface area contributed by atoms with Crippen molar-refractivity contribution >= 4 is 16.7 Å². The lowest BCUT2D eigenvalue weighted by Crippen LogP contribution is -2.43. The van der Waals surface area contributed by atoms with Crippen molar-refractivity contribution in [3.63, 3.8) is 0 Å². The predicted molar refractivity (Wildman–Crippen MR) is 121 cm³/mol. The number of piperazine rings is 1. The zero-order valence-corrected chi connectivity index (χ0v) is 17.8. The fourth-order valence-electron chi connectivity index (χ4n) is 4.28. The molecule has 2 aromatic heterocycles. The topological polar surface area (TPSA) is 101 Å². The highest BCUT2D eigenvalue weighted by molar-refractivity contribution is 6.00. The molecule has 5 rings (SSSR count). The van der Waals surface area contributed by atoms with E-state index < -0.39 is 17.4 Å². The van der Waals surface area contributed by atoms with Gasteiger partial charge in [0.1, 0.15) is 6.07 Å². The van der Waals surface area contributed by atoms with Crippen molar-refractivity contribution < 1.29 is 13.9 Å². The lowest BCUT2D eigenvalue weighted by molar-refractivity contribution is 0.396. The third-order valence-electron chi connectivity index (χ3n) is 5.93. The van der Waals surface area contributed by atoms with Crippen molar-refractivity contribution in [2.45, 2.75) is 6.92 Å². The summed E-state index contributed by atoms with van der Waals surface area (Å²) in [5, 5.41) is 30.6. The molecule has 1 aliphatic heterocycles. The second-order valence-corrected chi connectivity index (χ2v) is 7.93. The summed E-state index contributed by atoms with van der Waals surface area (Å²) in [5.74, 6) is -3.32. The monoisotopic (exact) mass is 446 g/mol. The highest BCUT2D eigenvalue weighted by atomic mass is 19.1. The van der Waals surface area contributed by atoms with Crippen LogP contribution in [0.2, 0.25) is 0 Å². The van der Waals surface area contributed by atoms with E-state index >= 15 is 0 Å². The summed E-state index contributed by atoms with van der Waals surface area (Å²) >= 11 is 0. The van der Waals surface area contributed by atoms with Gasteiger partial charge in [-0.3, -0.25) is 5.10 Å². The van der Waals surface area contributed by atoms with E-state index in [2.05, 4.69) is 31.5 Å². The number of hydrogen-bond donors (Lipinski definition) is 3. The van der Waals surface area contributed by atoms with E-state index in [1.807, 2.05) is 24.3 Å². The number of halogens is 2. The Morgan fingerprint density at radius 1 is 1.06 bits per heavy atom. The van der Waals surface area contributed by atoms with Crippen LogP contribution in [0.1, 0.15) is 11.3 Å². The number of nitrogens with zero attached hydrogens (tertiary/aromatic N) is 4. The molecule has 3 N–H and O–H groups in total. The van der Waals surface area contributed by atoms with Crippen molar-refractivity contribution in [3.8, 4) is 34.2 Å². The molecule has 0 radical (unpaired) electrons. The number of H-pyrrole nitrogens is 1. The van der Waals surface area contributed by atoms with Crippen molar-refractivity contribution in [1.29, 1.82) is 5.26 Å². The average molecular weight is 446 g/mol. The number of aryl methyl sites for hydroxylation is 1. The molecule has 166 valence electrons. The van der Waals surface area contributed by atoms with E-state index in [1.165, 1.54) is 0 Å². The van der Waals surface area contributed by atoms with Crippen LogP contribution in [-0.4, -0.2) is 46.5 Å². The van der Waals surface area contributed by atoms with Crippen molar-refractivity contribution in [2.24, 2.45) is 0 Å². The number of aromatic amines is 1. The normalized spacial score (nSPS) is 13.9. The minimum Gasteiger partial charge on any atom is -0.503 e. The molecule has 0 unspecified atom stereocenters. The molecule has 0 aliphatic carbocycles. The largest absolute Gasteiger partial charge is 0.503 e. The Bertz CT molecular complexity index is 1380. The molecule has 2 aromatic carbocycles. The summed E-state index contributed by atoms with van der Waals surface area (Å²) in [4.78, 5) is 6.74. The highest BCUT2D eigenvalue weighted by Crippen LogP contribution is 2.39. The number of aromatic hydroxyl groups is 1. The number of nitriles is 1. The van der Waals surface area contributed by atoms with Gasteiger partial charge in [0.2, 0.25) is 0 Å². The van der Waals surface area contributed by atoms with Crippen LogP contribution in [-0.2, 0) is 0 Å². The van der Waals surface area contributed by atoms with E-state index in [1.54, 1.807) is 6.92 Å². The molecule has 0 spiro atoms. The van der Waals surface area contributed by atoms with E-state index in [0.29, 0.717) is 22.3 Å². The summed E-state index contributed by atoms with van der Waals surface area (Å²) in [6, 6.07) is 12.0. The number of pyridine rings is 1. The first-order valence-electron chi connectivity index (χ1n) is 10.5. The Hall–Kier alpha value is -4.03. The maximum Gasteiger partial charge on any atom is 0.187 e. The SMILES string of the molecule is Cc1n[nH]c2nc(-c3cc(F)c(O)c(F)c3)c(C#N)c(-c3ccc(N4CCNCC4)cc3)c12. The molecule has 1 aliphatic rings. The van der Waals surface area contributed by atoms with Crippen LogP contribution in [0.4, 0.5) is 14.5 Å². The molecule has 9 heteroatoms. The fraction of sp³-hybridized carbons (Fsp3) is 0.208. The maximum atomic E-state index is 14.1. The van der Waals surface area contributed by atoms with Gasteiger partial charge in [0, 0.05) is 43.0 Å². The first-order chi connectivity index (χ1) is 16.0. The van der Waals surface area contributed by atoms with Gasteiger partial charge in [0.25, 0.3) is 0 Å². The van der Waals surface area contributed by atoms with Crippen LogP contribution in [0.15, 0.2) is 36.4 Å². The summed E-state index contributed by atoms with van der Waals surface area (Å²) < 4.78 is 28.2. The third-order valence-corrected chi connectivity index (χ3v) is 5.93. The average Bonchev–Trinajstić information content (AvgIpc) is 3.22. The van der Waals surface area contributed by atoms with Crippen molar-refractivity contribution in [1.82, 2.24) is 20.5 Å². The van der Waals surface area contributed by atoms with Crippen molar-refractivity contribution in [2.75, 3.05) is 31.1 Å². The molecule has 7 nitrogen and oxygen atoms in total. The molecular weight excluding hydrogens is 426 g/mol. The Morgan fingerprint density at radius 3 is 2.36 bits per heavy atom. The molecule has 1 fully saturated rings. The highest BCUT2D eigenvalue weighted by Gasteiger charge is 2.23. The molecule has 0 bridgehead atoms. The summed E-state index contributed by atoms with van der Waals surface area (Å²) in [6.07, 6.45) is 0. The lowest BCUT2D eigenvalue weighted by atomic mass is 9.93. The number of fused-ring (bicyclic) bond motifs is 1. The minimum atomic E-state index is -1.13. The van der Waals surface area contributed by atoms with Gasteiger partial charge in [-0.05, 0) is 36.8 Å². The van der Waals surface area contributed by atoms with Gasteiger partial charge in [-0.2, -0.15) is 10.4 Å². The molecule has 4 aromatic rings. The number of rotatable bonds is 3. The Morgan fingerprint density at radius 2 is 1.73 bits per heavy atom. The molecule has 33 heavy (non-hydrogen) atoms. The molecular formula is C24H20F2N6O. The molecule has 0 saturated carbocycles. The predicted octanol–water partition coefficient (Wildman–Crippen LogP) is 3.87. The summed E-state index contributed by atoms with van der Waals surface area (Å²) in [6.45, 7) is 5.46. The smallest absolute Gasteiger partial charge is 0.187 e. The first kappa shape index (κ1) is 20.8. The van der Waals surface area contributed by atoms with E-state index in [4.69, 9.17) is 0 Å². The van der Waals surface area contributed by atoms with Gasteiger partial charge >= 0.3 is 0 Å². The molecule has 0 atom stereocenters. The summed E-state index contributed by atoms with van der Waals surface area (Å²) in [5.41, 5.74) is 3.82.